The lowest BCUT2D eigenvalue weighted by molar-refractivity contribution is -0.662. The SMILES string of the molecule is CC(C)c1cccc(C(C)C)c1-c1c[n+](-c2c(C(C)C)cccc2C(C)C)nn1C. The van der Waals surface area contributed by atoms with Crippen molar-refractivity contribution in [3.05, 3.63) is 64.8 Å². The van der Waals surface area contributed by atoms with Crippen molar-refractivity contribution in [3.8, 4) is 16.9 Å². The Morgan fingerprint density at radius 1 is 0.667 bits per heavy atom. The summed E-state index contributed by atoms with van der Waals surface area (Å²) < 4.78 is 4.16. The van der Waals surface area contributed by atoms with Gasteiger partial charge < -0.3 is 0 Å². The number of hydrogen-bond acceptors (Lipinski definition) is 1. The molecule has 1 aromatic heterocycles. The predicted molar refractivity (Wildman–Crippen MR) is 127 cm³/mol. The van der Waals surface area contributed by atoms with Crippen LogP contribution in [0, 0.1) is 0 Å². The van der Waals surface area contributed by atoms with E-state index in [0.717, 1.165) is 0 Å². The molecule has 0 unspecified atom stereocenters. The lowest BCUT2D eigenvalue weighted by Crippen LogP contribution is -2.36. The minimum absolute atomic E-state index is 0.436. The number of para-hydroxylation sites is 1. The molecular formula is C27H38N3+. The second-order valence-electron chi connectivity index (χ2n) is 9.69. The van der Waals surface area contributed by atoms with Gasteiger partial charge in [0.2, 0.25) is 0 Å². The molecule has 0 bridgehead atoms. The van der Waals surface area contributed by atoms with Gasteiger partial charge in [-0.25, -0.2) is 0 Å². The van der Waals surface area contributed by atoms with Crippen LogP contribution in [-0.2, 0) is 7.05 Å². The van der Waals surface area contributed by atoms with Crippen LogP contribution in [-0.4, -0.2) is 9.90 Å². The Kier molecular flexibility index (Phi) is 6.50. The lowest BCUT2D eigenvalue weighted by Gasteiger charge is -2.17. The molecule has 1 heterocycles. The van der Waals surface area contributed by atoms with Crippen molar-refractivity contribution in [2.75, 3.05) is 0 Å². The van der Waals surface area contributed by atoms with Crippen molar-refractivity contribution in [2.45, 2.75) is 79.1 Å². The summed E-state index contributed by atoms with van der Waals surface area (Å²) in [7, 11) is 2.07. The third kappa shape index (κ3) is 4.08. The molecule has 160 valence electrons. The topological polar surface area (TPSA) is 21.7 Å². The summed E-state index contributed by atoms with van der Waals surface area (Å²) in [4.78, 5) is 0. The van der Waals surface area contributed by atoms with E-state index in [2.05, 4.69) is 110 Å². The summed E-state index contributed by atoms with van der Waals surface area (Å²) >= 11 is 0. The first kappa shape index (κ1) is 22.3. The third-order valence-corrected chi connectivity index (χ3v) is 6.02. The molecule has 3 nitrogen and oxygen atoms in total. The molecule has 0 saturated heterocycles. The van der Waals surface area contributed by atoms with Crippen LogP contribution >= 0.6 is 0 Å². The minimum atomic E-state index is 0.436. The maximum Gasteiger partial charge on any atom is 0.198 e. The van der Waals surface area contributed by atoms with Crippen LogP contribution in [0.25, 0.3) is 16.9 Å². The molecule has 0 atom stereocenters. The quantitative estimate of drug-likeness (QED) is 0.411. The standard InChI is InChI=1S/C27H38N3/c1-17(2)21-12-10-13-22(18(3)4)26(21)25-16-30(28-29(25)9)27-23(19(5)6)14-11-15-24(27)20(7)8/h10-20H,1-9H3/q+1. The van der Waals surface area contributed by atoms with Gasteiger partial charge in [-0.1, -0.05) is 91.8 Å². The van der Waals surface area contributed by atoms with Crippen molar-refractivity contribution in [3.63, 3.8) is 0 Å². The summed E-state index contributed by atoms with van der Waals surface area (Å²) in [6.07, 6.45) is 2.24. The highest BCUT2D eigenvalue weighted by atomic mass is 15.5. The number of rotatable bonds is 6. The maximum absolute atomic E-state index is 4.98. The summed E-state index contributed by atoms with van der Waals surface area (Å²) in [5.74, 6) is 1.78. The number of benzene rings is 2. The largest absolute Gasteiger partial charge is 0.198 e. The van der Waals surface area contributed by atoms with Crippen LogP contribution in [0.1, 0.15) is 101 Å². The molecule has 0 radical (unpaired) electrons. The van der Waals surface area contributed by atoms with Gasteiger partial charge >= 0.3 is 0 Å². The van der Waals surface area contributed by atoms with Gasteiger partial charge in [-0.05, 0) is 34.8 Å². The van der Waals surface area contributed by atoms with Gasteiger partial charge in [0, 0.05) is 16.7 Å². The van der Waals surface area contributed by atoms with Gasteiger partial charge in [-0.15, -0.1) is 9.36 Å². The Bertz CT molecular complexity index is 970. The van der Waals surface area contributed by atoms with Gasteiger partial charge in [0.1, 0.15) is 7.05 Å². The fourth-order valence-corrected chi connectivity index (χ4v) is 4.38. The molecule has 3 aromatic rings. The molecule has 0 saturated carbocycles. The Morgan fingerprint density at radius 3 is 1.47 bits per heavy atom. The van der Waals surface area contributed by atoms with Crippen molar-refractivity contribution in [1.82, 2.24) is 9.90 Å². The Labute approximate surface area is 182 Å². The molecule has 0 aliphatic carbocycles. The van der Waals surface area contributed by atoms with E-state index in [4.69, 9.17) is 5.21 Å². The molecule has 0 fully saturated rings. The summed E-state index contributed by atoms with van der Waals surface area (Å²) in [6.45, 7) is 18.2. The van der Waals surface area contributed by atoms with Crippen molar-refractivity contribution < 1.29 is 4.68 Å². The number of aromatic nitrogens is 3. The highest BCUT2D eigenvalue weighted by Crippen LogP contribution is 2.36. The molecule has 0 spiro atoms. The number of aryl methyl sites for hydroxylation is 1. The van der Waals surface area contributed by atoms with E-state index in [0.29, 0.717) is 23.7 Å². The smallest absolute Gasteiger partial charge is 0.132 e. The molecular weight excluding hydrogens is 366 g/mol. The zero-order valence-electron chi connectivity index (χ0n) is 20.2. The first-order chi connectivity index (χ1) is 14.1. The second-order valence-corrected chi connectivity index (χ2v) is 9.69. The van der Waals surface area contributed by atoms with Crippen molar-refractivity contribution >= 4 is 0 Å². The molecule has 0 amide bonds. The summed E-state index contributed by atoms with van der Waals surface area (Å²) in [5, 5.41) is 4.98. The maximum atomic E-state index is 4.98. The van der Waals surface area contributed by atoms with E-state index in [-0.39, 0.29) is 0 Å². The molecule has 2 aromatic carbocycles. The first-order valence-corrected chi connectivity index (χ1v) is 11.4. The molecule has 0 aliphatic heterocycles. The molecule has 0 aliphatic rings. The van der Waals surface area contributed by atoms with Crippen LogP contribution in [0.4, 0.5) is 0 Å². The average Bonchev–Trinajstić information content (AvgIpc) is 3.07. The van der Waals surface area contributed by atoms with Gasteiger partial charge in [0.15, 0.2) is 17.6 Å². The lowest BCUT2D eigenvalue weighted by atomic mass is 9.87. The van der Waals surface area contributed by atoms with E-state index in [9.17, 15) is 0 Å². The molecule has 30 heavy (non-hydrogen) atoms. The van der Waals surface area contributed by atoms with Crippen LogP contribution in [0.3, 0.4) is 0 Å². The highest BCUT2D eigenvalue weighted by molar-refractivity contribution is 5.69. The van der Waals surface area contributed by atoms with Gasteiger partial charge in [-0.3, -0.25) is 0 Å². The molecule has 3 heteroatoms. The van der Waals surface area contributed by atoms with E-state index in [1.165, 1.54) is 39.2 Å². The summed E-state index contributed by atoms with van der Waals surface area (Å²) in [6, 6.07) is 13.4. The highest BCUT2D eigenvalue weighted by Gasteiger charge is 2.27. The monoisotopic (exact) mass is 404 g/mol. The van der Waals surface area contributed by atoms with E-state index < -0.39 is 0 Å². The van der Waals surface area contributed by atoms with Crippen molar-refractivity contribution in [1.29, 1.82) is 0 Å². The first-order valence-electron chi connectivity index (χ1n) is 11.4. The molecule has 3 rings (SSSR count). The van der Waals surface area contributed by atoms with Crippen LogP contribution in [0.5, 0.6) is 0 Å². The Hall–Kier alpha value is -2.42. The van der Waals surface area contributed by atoms with Crippen LogP contribution in [0.2, 0.25) is 0 Å². The Morgan fingerprint density at radius 2 is 1.07 bits per heavy atom. The zero-order chi connectivity index (χ0) is 22.2. The third-order valence-electron chi connectivity index (χ3n) is 6.02. The molecule has 0 N–H and O–H groups in total. The fourth-order valence-electron chi connectivity index (χ4n) is 4.38. The second kappa shape index (κ2) is 8.75. The zero-order valence-corrected chi connectivity index (χ0v) is 20.2. The average molecular weight is 405 g/mol. The fraction of sp³-hybridized carbons (Fsp3) is 0.481. The van der Waals surface area contributed by atoms with Gasteiger partial charge in [0.25, 0.3) is 0 Å². The number of hydrogen-bond donors (Lipinski definition) is 0. The van der Waals surface area contributed by atoms with E-state index in [1.54, 1.807) is 0 Å². The predicted octanol–water partition coefficient (Wildman–Crippen LogP) is 6.86. The number of nitrogens with zero attached hydrogens (tertiary/aromatic N) is 3. The van der Waals surface area contributed by atoms with Crippen LogP contribution in [0.15, 0.2) is 42.6 Å². The van der Waals surface area contributed by atoms with Crippen LogP contribution < -0.4 is 4.68 Å². The van der Waals surface area contributed by atoms with Crippen molar-refractivity contribution in [2.24, 2.45) is 7.05 Å². The minimum Gasteiger partial charge on any atom is -0.132 e. The van der Waals surface area contributed by atoms with E-state index in [1.807, 2.05) is 4.68 Å². The normalized spacial score (nSPS) is 12.0. The van der Waals surface area contributed by atoms with E-state index >= 15 is 0 Å². The van der Waals surface area contributed by atoms with Gasteiger partial charge in [-0.2, -0.15) is 0 Å². The summed E-state index contributed by atoms with van der Waals surface area (Å²) in [5.41, 5.74) is 9.21. The Balaban J connectivity index is 2.30. The van der Waals surface area contributed by atoms with Gasteiger partial charge in [0.05, 0.1) is 5.21 Å².